The van der Waals surface area contributed by atoms with Gasteiger partial charge in [0.25, 0.3) is 0 Å². The molecule has 44 heavy (non-hydrogen) atoms. The Hall–Kier alpha value is -4.45. The molecule has 8 nitrogen and oxygen atoms in total. The number of carbonyl (C=O) groups excluding carboxylic acids is 1. The van der Waals surface area contributed by atoms with Gasteiger partial charge in [-0.2, -0.15) is 13.2 Å². The number of nitrogens with zero attached hydrogens (tertiary/aromatic N) is 3. The normalized spacial score (nSPS) is 15.0. The van der Waals surface area contributed by atoms with E-state index in [0.29, 0.717) is 71.4 Å². The van der Waals surface area contributed by atoms with Gasteiger partial charge < -0.3 is 18.9 Å². The van der Waals surface area contributed by atoms with Crippen molar-refractivity contribution in [2.24, 2.45) is 0 Å². The molecule has 0 radical (unpaired) electrons. The van der Waals surface area contributed by atoms with Crippen molar-refractivity contribution in [2.75, 3.05) is 39.5 Å². The molecule has 0 saturated carbocycles. The summed E-state index contributed by atoms with van der Waals surface area (Å²) in [5.74, 6) is 0.812. The minimum atomic E-state index is -4.63. The molecule has 230 valence electrons. The van der Waals surface area contributed by atoms with Gasteiger partial charge in [0.05, 0.1) is 11.1 Å². The summed E-state index contributed by atoms with van der Waals surface area (Å²) in [5, 5.41) is 0.525. The van der Waals surface area contributed by atoms with Crippen LogP contribution in [0.4, 0.5) is 17.6 Å². The molecule has 0 aliphatic carbocycles. The van der Waals surface area contributed by atoms with Crippen molar-refractivity contribution in [1.29, 1.82) is 0 Å². The molecule has 3 aromatic carbocycles. The smallest absolute Gasteiger partial charge is 0.416 e. The quantitative estimate of drug-likeness (QED) is 0.197. The van der Waals surface area contributed by atoms with Gasteiger partial charge in [-0.25, -0.2) is 14.4 Å². The highest BCUT2D eigenvalue weighted by molar-refractivity contribution is 5.94. The van der Waals surface area contributed by atoms with E-state index in [4.69, 9.17) is 18.9 Å². The number of benzene rings is 3. The lowest BCUT2D eigenvalue weighted by Gasteiger charge is -2.23. The number of rotatable bonds is 10. The molecule has 1 aromatic heterocycles. The third-order valence-electron chi connectivity index (χ3n) is 7.51. The van der Waals surface area contributed by atoms with E-state index in [1.165, 1.54) is 19.2 Å². The van der Waals surface area contributed by atoms with Crippen LogP contribution >= 0.6 is 0 Å². The van der Waals surface area contributed by atoms with Crippen LogP contribution in [0.5, 0.6) is 28.9 Å². The van der Waals surface area contributed by atoms with Crippen molar-refractivity contribution < 1.29 is 41.3 Å². The minimum Gasteiger partial charge on any atom is -0.488 e. The van der Waals surface area contributed by atoms with Gasteiger partial charge in [-0.1, -0.05) is 12.1 Å². The second kappa shape index (κ2) is 12.7. The Morgan fingerprint density at radius 3 is 2.43 bits per heavy atom. The van der Waals surface area contributed by atoms with E-state index in [-0.39, 0.29) is 17.9 Å². The van der Waals surface area contributed by atoms with E-state index < -0.39 is 29.8 Å². The highest BCUT2D eigenvalue weighted by atomic mass is 19.4. The van der Waals surface area contributed by atoms with Gasteiger partial charge in [-0.15, -0.1) is 0 Å². The van der Waals surface area contributed by atoms with Crippen LogP contribution in [0, 0.1) is 5.82 Å². The Morgan fingerprint density at radius 2 is 1.68 bits per heavy atom. The summed E-state index contributed by atoms with van der Waals surface area (Å²) in [6, 6.07) is 10.4. The maximum Gasteiger partial charge on any atom is 0.416 e. The molecule has 0 bridgehead atoms. The Balaban J connectivity index is 1.16. The van der Waals surface area contributed by atoms with Gasteiger partial charge in [0, 0.05) is 25.5 Å². The zero-order valence-corrected chi connectivity index (χ0v) is 23.7. The van der Waals surface area contributed by atoms with Crippen LogP contribution in [0.3, 0.4) is 0 Å². The number of carbonyl (C=O) groups is 1. The van der Waals surface area contributed by atoms with Crippen LogP contribution in [0.1, 0.15) is 29.5 Å². The molecule has 1 saturated heterocycles. The number of Topliss-reactive ketones (excluding diaryl/α,β-unsaturated/α-hetero) is 1. The summed E-state index contributed by atoms with van der Waals surface area (Å²) in [5.41, 5.74) is -0.151. The lowest BCUT2D eigenvalue weighted by atomic mass is 10.0. The van der Waals surface area contributed by atoms with E-state index in [9.17, 15) is 22.4 Å². The number of fused-ring (bicyclic) bond motifs is 3. The number of hydrogen-bond acceptors (Lipinski definition) is 8. The number of aromatic nitrogens is 2. The second-order valence-electron chi connectivity index (χ2n) is 10.6. The first-order valence-electron chi connectivity index (χ1n) is 14.3. The van der Waals surface area contributed by atoms with Crippen LogP contribution in [0.15, 0.2) is 54.9 Å². The van der Waals surface area contributed by atoms with Crippen molar-refractivity contribution in [2.45, 2.75) is 31.9 Å². The number of ether oxygens (including phenoxy) is 4. The van der Waals surface area contributed by atoms with Crippen LogP contribution in [0.25, 0.3) is 10.9 Å². The van der Waals surface area contributed by atoms with Crippen LogP contribution < -0.4 is 18.9 Å². The second-order valence-corrected chi connectivity index (χ2v) is 10.6. The fraction of sp³-hybridized carbons (Fsp3) is 0.344. The number of likely N-dealkylation sites (tertiary alicyclic amines) is 1. The average molecular weight is 612 g/mol. The summed E-state index contributed by atoms with van der Waals surface area (Å²) >= 11 is 0. The maximum atomic E-state index is 14.1. The molecule has 0 unspecified atom stereocenters. The lowest BCUT2D eigenvalue weighted by molar-refractivity contribution is -0.137. The van der Waals surface area contributed by atoms with Crippen molar-refractivity contribution in [3.05, 3.63) is 77.4 Å². The first-order valence-corrected chi connectivity index (χ1v) is 14.3. The Labute approximate surface area is 250 Å². The van der Waals surface area contributed by atoms with Crippen molar-refractivity contribution in [3.63, 3.8) is 0 Å². The van der Waals surface area contributed by atoms with Gasteiger partial charge in [-0.3, -0.25) is 9.69 Å². The fourth-order valence-corrected chi connectivity index (χ4v) is 5.33. The SMILES string of the molecule is O=C(Cc1ccc(Oc2ncnc3cc(OCCN4CCCC4)c4c(c23)OCCO4)cc1)Cc1cc(C(F)(F)F)ccc1F. The maximum absolute atomic E-state index is 14.1. The number of alkyl halides is 3. The van der Waals surface area contributed by atoms with Crippen LogP contribution in [-0.2, 0) is 23.8 Å². The number of halogens is 4. The molecule has 2 aliphatic rings. The summed E-state index contributed by atoms with van der Waals surface area (Å²) in [6.45, 7) is 4.16. The first-order chi connectivity index (χ1) is 21.2. The van der Waals surface area contributed by atoms with Gasteiger partial charge in [0.15, 0.2) is 11.5 Å². The van der Waals surface area contributed by atoms with E-state index in [2.05, 4.69) is 14.9 Å². The molecule has 12 heteroatoms. The van der Waals surface area contributed by atoms with E-state index in [1.807, 2.05) is 0 Å². The zero-order chi connectivity index (χ0) is 30.7. The third kappa shape index (κ3) is 6.70. The molecular weight excluding hydrogens is 582 g/mol. The summed E-state index contributed by atoms with van der Waals surface area (Å²) < 4.78 is 77.2. The fourth-order valence-electron chi connectivity index (χ4n) is 5.33. The molecule has 0 atom stereocenters. The molecule has 0 amide bonds. The average Bonchev–Trinajstić information content (AvgIpc) is 3.52. The lowest BCUT2D eigenvalue weighted by Crippen LogP contribution is -2.25. The summed E-state index contributed by atoms with van der Waals surface area (Å²) in [6.07, 6.45) is -1.40. The molecule has 0 spiro atoms. The van der Waals surface area contributed by atoms with Crippen molar-refractivity contribution in [3.8, 4) is 28.9 Å². The Morgan fingerprint density at radius 1 is 0.932 bits per heavy atom. The Kier molecular flexibility index (Phi) is 8.51. The van der Waals surface area contributed by atoms with E-state index >= 15 is 0 Å². The van der Waals surface area contributed by atoms with E-state index in [0.717, 1.165) is 25.7 Å². The standard InChI is InChI=1S/C32H29F4N3O5/c33-25-8-5-22(32(34,35)36)16-21(25)17-23(40)15-20-3-6-24(7-4-20)44-31-28-26(37-19-38-31)18-27(29-30(28)43-14-13-42-29)41-12-11-39-9-1-2-10-39/h3-8,16,18-19H,1-2,9-15,17H2. The highest BCUT2D eigenvalue weighted by Gasteiger charge is 2.31. The van der Waals surface area contributed by atoms with Gasteiger partial charge in [0.1, 0.15) is 48.9 Å². The topological polar surface area (TPSA) is 83.0 Å². The predicted octanol–water partition coefficient (Wildman–Crippen LogP) is 6.18. The zero-order valence-electron chi connectivity index (χ0n) is 23.7. The molecule has 0 N–H and O–H groups in total. The highest BCUT2D eigenvalue weighted by Crippen LogP contribution is 2.47. The first kappa shape index (κ1) is 29.6. The summed E-state index contributed by atoms with van der Waals surface area (Å²) in [7, 11) is 0. The minimum absolute atomic E-state index is 0.0916. The van der Waals surface area contributed by atoms with Crippen LogP contribution in [0.2, 0.25) is 0 Å². The molecule has 6 rings (SSSR count). The molecule has 3 heterocycles. The van der Waals surface area contributed by atoms with Crippen molar-refractivity contribution >= 4 is 16.7 Å². The predicted molar refractivity (Wildman–Crippen MR) is 152 cm³/mol. The molecular formula is C32H29F4N3O5. The monoisotopic (exact) mass is 611 g/mol. The van der Waals surface area contributed by atoms with Gasteiger partial charge in [-0.05, 0) is 67.4 Å². The molecule has 4 aromatic rings. The van der Waals surface area contributed by atoms with Gasteiger partial charge >= 0.3 is 6.18 Å². The molecule has 1 fully saturated rings. The third-order valence-corrected chi connectivity index (χ3v) is 7.51. The number of ketones is 1. The van der Waals surface area contributed by atoms with Crippen molar-refractivity contribution in [1.82, 2.24) is 14.9 Å². The largest absolute Gasteiger partial charge is 0.488 e. The number of hydrogen-bond donors (Lipinski definition) is 0. The molecule has 2 aliphatic heterocycles. The van der Waals surface area contributed by atoms with Gasteiger partial charge in [0.2, 0.25) is 11.6 Å². The Bertz CT molecular complexity index is 1660. The summed E-state index contributed by atoms with van der Waals surface area (Å²) in [4.78, 5) is 23.7. The van der Waals surface area contributed by atoms with E-state index in [1.54, 1.807) is 30.3 Å². The van der Waals surface area contributed by atoms with Crippen LogP contribution in [-0.4, -0.2) is 60.1 Å².